The second-order valence-corrected chi connectivity index (χ2v) is 4.97. The van der Waals surface area contributed by atoms with E-state index in [0.717, 1.165) is 5.56 Å². The molecule has 22 heavy (non-hydrogen) atoms. The van der Waals surface area contributed by atoms with Gasteiger partial charge in [0.1, 0.15) is 11.5 Å². The Morgan fingerprint density at radius 2 is 1.73 bits per heavy atom. The Labute approximate surface area is 132 Å². The van der Waals surface area contributed by atoms with E-state index in [2.05, 4.69) is 0 Å². The molecule has 0 spiro atoms. The first-order valence-corrected chi connectivity index (χ1v) is 6.83. The standard InChI is InChI=1S/C16H14ClNO4/c1-10-8-13(6-7-14(10)17)21-9-15(19)22-12-4-2-11(3-5-12)16(18)20/h2-8H,9H2,1H3,(H2,18,20). The largest absolute Gasteiger partial charge is 0.482 e. The lowest BCUT2D eigenvalue weighted by molar-refractivity contribution is -0.136. The van der Waals surface area contributed by atoms with Crippen molar-refractivity contribution in [1.29, 1.82) is 0 Å². The van der Waals surface area contributed by atoms with Crippen LogP contribution in [0.2, 0.25) is 5.02 Å². The number of nitrogens with two attached hydrogens (primary N) is 1. The topological polar surface area (TPSA) is 78.6 Å². The van der Waals surface area contributed by atoms with Crippen LogP contribution in [0.1, 0.15) is 15.9 Å². The summed E-state index contributed by atoms with van der Waals surface area (Å²) in [4.78, 5) is 22.6. The third kappa shape index (κ3) is 4.23. The quantitative estimate of drug-likeness (QED) is 0.679. The van der Waals surface area contributed by atoms with Gasteiger partial charge in [0.15, 0.2) is 6.61 Å². The fourth-order valence-corrected chi connectivity index (χ4v) is 1.81. The molecule has 0 fully saturated rings. The Bertz CT molecular complexity index is 698. The number of ether oxygens (including phenoxy) is 2. The number of hydrogen-bond donors (Lipinski definition) is 1. The van der Waals surface area contributed by atoms with Gasteiger partial charge >= 0.3 is 5.97 Å². The number of amides is 1. The molecule has 0 radical (unpaired) electrons. The summed E-state index contributed by atoms with van der Waals surface area (Å²) in [6.07, 6.45) is 0. The summed E-state index contributed by atoms with van der Waals surface area (Å²) in [7, 11) is 0. The van der Waals surface area contributed by atoms with E-state index >= 15 is 0 Å². The molecule has 0 atom stereocenters. The molecule has 0 saturated carbocycles. The second kappa shape index (κ2) is 6.95. The molecule has 0 aliphatic carbocycles. The van der Waals surface area contributed by atoms with Crippen molar-refractivity contribution in [1.82, 2.24) is 0 Å². The molecule has 2 aromatic carbocycles. The number of rotatable bonds is 5. The van der Waals surface area contributed by atoms with E-state index in [4.69, 9.17) is 26.8 Å². The molecular formula is C16H14ClNO4. The third-order valence-electron chi connectivity index (χ3n) is 2.86. The van der Waals surface area contributed by atoms with E-state index in [9.17, 15) is 9.59 Å². The molecular weight excluding hydrogens is 306 g/mol. The summed E-state index contributed by atoms with van der Waals surface area (Å²) >= 11 is 5.91. The maximum atomic E-state index is 11.7. The van der Waals surface area contributed by atoms with Crippen molar-refractivity contribution in [2.75, 3.05) is 6.61 Å². The monoisotopic (exact) mass is 319 g/mol. The summed E-state index contributed by atoms with van der Waals surface area (Å²) in [6.45, 7) is 1.60. The minimum absolute atomic E-state index is 0.237. The van der Waals surface area contributed by atoms with Crippen LogP contribution in [-0.2, 0) is 4.79 Å². The van der Waals surface area contributed by atoms with Crippen LogP contribution in [0.25, 0.3) is 0 Å². The van der Waals surface area contributed by atoms with E-state index < -0.39 is 11.9 Å². The zero-order valence-corrected chi connectivity index (χ0v) is 12.6. The zero-order chi connectivity index (χ0) is 16.1. The van der Waals surface area contributed by atoms with Gasteiger partial charge in [0.25, 0.3) is 0 Å². The molecule has 0 saturated heterocycles. The number of primary amides is 1. The summed E-state index contributed by atoms with van der Waals surface area (Å²) in [6, 6.07) is 11.0. The van der Waals surface area contributed by atoms with Crippen LogP contribution >= 0.6 is 11.6 Å². The number of carbonyl (C=O) groups excluding carboxylic acids is 2. The SMILES string of the molecule is Cc1cc(OCC(=O)Oc2ccc(C(N)=O)cc2)ccc1Cl. The molecule has 1 amide bonds. The van der Waals surface area contributed by atoms with Crippen LogP contribution in [0.3, 0.4) is 0 Å². The van der Waals surface area contributed by atoms with Crippen molar-refractivity contribution in [2.45, 2.75) is 6.92 Å². The van der Waals surface area contributed by atoms with Gasteiger partial charge in [-0.1, -0.05) is 11.6 Å². The van der Waals surface area contributed by atoms with Crippen LogP contribution in [0.5, 0.6) is 11.5 Å². The maximum Gasteiger partial charge on any atom is 0.349 e. The van der Waals surface area contributed by atoms with E-state index in [-0.39, 0.29) is 6.61 Å². The third-order valence-corrected chi connectivity index (χ3v) is 3.28. The lowest BCUT2D eigenvalue weighted by Crippen LogP contribution is -2.18. The fourth-order valence-electron chi connectivity index (χ4n) is 1.70. The summed E-state index contributed by atoms with van der Waals surface area (Å²) in [5.41, 5.74) is 6.32. The molecule has 2 N–H and O–H groups in total. The van der Waals surface area contributed by atoms with E-state index in [1.807, 2.05) is 6.92 Å². The lowest BCUT2D eigenvalue weighted by atomic mass is 10.2. The Morgan fingerprint density at radius 3 is 2.32 bits per heavy atom. The molecule has 0 unspecified atom stereocenters. The van der Waals surface area contributed by atoms with Crippen LogP contribution in [-0.4, -0.2) is 18.5 Å². The Morgan fingerprint density at radius 1 is 1.09 bits per heavy atom. The fraction of sp³-hybridized carbons (Fsp3) is 0.125. The predicted molar refractivity (Wildman–Crippen MR) is 82.3 cm³/mol. The number of esters is 1. The summed E-state index contributed by atoms with van der Waals surface area (Å²) in [5, 5.41) is 0.629. The van der Waals surface area contributed by atoms with Crippen molar-refractivity contribution < 1.29 is 19.1 Å². The Kier molecular flexibility index (Phi) is 5.01. The Balaban J connectivity index is 1.89. The first-order chi connectivity index (χ1) is 10.5. The average molecular weight is 320 g/mol. The van der Waals surface area contributed by atoms with Crippen LogP contribution in [0.15, 0.2) is 42.5 Å². The molecule has 0 aromatic heterocycles. The van der Waals surface area contributed by atoms with Gasteiger partial charge in [-0.25, -0.2) is 4.79 Å². The predicted octanol–water partition coefficient (Wildman–Crippen LogP) is 2.73. The van der Waals surface area contributed by atoms with Crippen LogP contribution in [0.4, 0.5) is 0 Å². The van der Waals surface area contributed by atoms with Crippen molar-refractivity contribution in [2.24, 2.45) is 5.73 Å². The van der Waals surface area contributed by atoms with Crippen molar-refractivity contribution >= 4 is 23.5 Å². The lowest BCUT2D eigenvalue weighted by Gasteiger charge is -2.08. The van der Waals surface area contributed by atoms with E-state index in [1.165, 1.54) is 24.3 Å². The number of hydrogen-bond acceptors (Lipinski definition) is 4. The molecule has 2 aromatic rings. The minimum Gasteiger partial charge on any atom is -0.482 e. The first-order valence-electron chi connectivity index (χ1n) is 6.45. The molecule has 0 aliphatic heterocycles. The van der Waals surface area contributed by atoms with E-state index in [0.29, 0.717) is 22.1 Å². The van der Waals surface area contributed by atoms with Gasteiger partial charge in [-0.3, -0.25) is 4.79 Å². The van der Waals surface area contributed by atoms with Crippen molar-refractivity contribution in [3.63, 3.8) is 0 Å². The highest BCUT2D eigenvalue weighted by Gasteiger charge is 2.08. The number of aryl methyl sites for hydroxylation is 1. The average Bonchev–Trinajstić information content (AvgIpc) is 2.49. The smallest absolute Gasteiger partial charge is 0.349 e. The highest BCUT2D eigenvalue weighted by molar-refractivity contribution is 6.31. The highest BCUT2D eigenvalue weighted by atomic mass is 35.5. The summed E-state index contributed by atoms with van der Waals surface area (Å²) < 4.78 is 10.4. The summed E-state index contributed by atoms with van der Waals surface area (Å²) in [5.74, 6) is -0.257. The molecule has 6 heteroatoms. The van der Waals surface area contributed by atoms with Gasteiger partial charge in [-0.15, -0.1) is 0 Å². The van der Waals surface area contributed by atoms with Gasteiger partial charge in [-0.2, -0.15) is 0 Å². The van der Waals surface area contributed by atoms with Crippen molar-refractivity contribution in [3.8, 4) is 11.5 Å². The first kappa shape index (κ1) is 15.9. The second-order valence-electron chi connectivity index (χ2n) is 4.56. The zero-order valence-electron chi connectivity index (χ0n) is 11.8. The van der Waals surface area contributed by atoms with Crippen LogP contribution < -0.4 is 15.2 Å². The molecule has 0 heterocycles. The normalized spacial score (nSPS) is 10.1. The molecule has 114 valence electrons. The molecule has 2 rings (SSSR count). The maximum absolute atomic E-state index is 11.7. The van der Waals surface area contributed by atoms with Gasteiger partial charge < -0.3 is 15.2 Å². The number of carbonyl (C=O) groups is 2. The van der Waals surface area contributed by atoms with Gasteiger partial charge in [0.2, 0.25) is 5.91 Å². The molecule has 5 nitrogen and oxygen atoms in total. The molecule has 0 bridgehead atoms. The Hall–Kier alpha value is -2.53. The minimum atomic E-state index is -0.556. The van der Waals surface area contributed by atoms with Gasteiger partial charge in [0.05, 0.1) is 0 Å². The van der Waals surface area contributed by atoms with E-state index in [1.54, 1.807) is 18.2 Å². The van der Waals surface area contributed by atoms with Gasteiger partial charge in [0, 0.05) is 10.6 Å². The van der Waals surface area contributed by atoms with Gasteiger partial charge in [-0.05, 0) is 55.0 Å². The molecule has 0 aliphatic rings. The number of halogens is 1. The van der Waals surface area contributed by atoms with Crippen LogP contribution in [0, 0.1) is 6.92 Å². The van der Waals surface area contributed by atoms with Crippen molar-refractivity contribution in [3.05, 3.63) is 58.6 Å². The highest BCUT2D eigenvalue weighted by Crippen LogP contribution is 2.21. The number of benzene rings is 2.